The van der Waals surface area contributed by atoms with Crippen molar-refractivity contribution in [2.45, 2.75) is 25.7 Å². The number of Topliss-reactive ketones (excluding diaryl/α,β-unsaturated/α-hetero) is 1. The summed E-state index contributed by atoms with van der Waals surface area (Å²) in [5.74, 6) is 0.672. The Kier molecular flexibility index (Phi) is 5.70. The van der Waals surface area contributed by atoms with Crippen molar-refractivity contribution >= 4 is 49.9 Å². The summed E-state index contributed by atoms with van der Waals surface area (Å²) in [7, 11) is 1.55. The molecule has 0 radical (unpaired) electrons. The van der Waals surface area contributed by atoms with Crippen LogP contribution < -0.4 is 15.4 Å². The molecular weight excluding hydrogens is 406 g/mol. The number of thiazole rings is 1. The first-order chi connectivity index (χ1) is 12.1. The van der Waals surface area contributed by atoms with Crippen LogP contribution in [0, 0.1) is 5.92 Å². The molecule has 1 aliphatic carbocycles. The maximum atomic E-state index is 12.8. The number of carbonyl (C=O) groups is 2. The van der Waals surface area contributed by atoms with Gasteiger partial charge in [0.05, 0.1) is 22.8 Å². The molecule has 25 heavy (non-hydrogen) atoms. The van der Waals surface area contributed by atoms with Crippen LogP contribution in [0.4, 0.5) is 15.6 Å². The first-order valence-corrected chi connectivity index (χ1v) is 9.59. The molecule has 0 aliphatic heterocycles. The number of nitrogens with zero attached hydrogens (tertiary/aromatic N) is 1. The minimum Gasteiger partial charge on any atom is -0.497 e. The molecule has 2 amide bonds. The molecule has 1 heterocycles. The average molecular weight is 424 g/mol. The fourth-order valence-corrected chi connectivity index (χ4v) is 4.04. The van der Waals surface area contributed by atoms with Gasteiger partial charge < -0.3 is 10.1 Å². The van der Waals surface area contributed by atoms with E-state index in [1.807, 2.05) is 0 Å². The molecule has 1 saturated carbocycles. The second kappa shape index (κ2) is 7.97. The number of amides is 2. The summed E-state index contributed by atoms with van der Waals surface area (Å²) >= 11 is 4.61. The zero-order valence-electron chi connectivity index (χ0n) is 13.7. The normalized spacial score (nSPS) is 14.3. The molecule has 132 valence electrons. The second-order valence-electron chi connectivity index (χ2n) is 5.81. The van der Waals surface area contributed by atoms with E-state index in [9.17, 15) is 9.59 Å². The highest BCUT2D eigenvalue weighted by Gasteiger charge is 2.26. The smallest absolute Gasteiger partial charge is 0.325 e. The van der Waals surface area contributed by atoms with E-state index < -0.39 is 6.03 Å². The Bertz CT molecular complexity index is 787. The fraction of sp³-hybridized carbons (Fsp3) is 0.353. The Labute approximate surface area is 158 Å². The summed E-state index contributed by atoms with van der Waals surface area (Å²) in [5, 5.41) is 5.88. The number of ketones is 1. The van der Waals surface area contributed by atoms with Crippen molar-refractivity contribution < 1.29 is 14.3 Å². The van der Waals surface area contributed by atoms with Gasteiger partial charge in [0, 0.05) is 11.5 Å². The maximum absolute atomic E-state index is 12.8. The van der Waals surface area contributed by atoms with Gasteiger partial charge in [-0.05, 0) is 47.0 Å². The molecule has 0 atom stereocenters. The summed E-state index contributed by atoms with van der Waals surface area (Å²) < 4.78 is 6.06. The molecule has 0 spiro atoms. The second-order valence-corrected chi connectivity index (χ2v) is 8.22. The molecule has 0 saturated heterocycles. The SMILES string of the molecule is COc1ccc(NC(=O)Nc2ncc(Br)s2)c(C(=O)C2CCCC2)c1. The van der Waals surface area contributed by atoms with Crippen molar-refractivity contribution in [3.8, 4) is 5.75 Å². The van der Waals surface area contributed by atoms with Gasteiger partial charge in [0.2, 0.25) is 0 Å². The Hall–Kier alpha value is -1.93. The van der Waals surface area contributed by atoms with Crippen LogP contribution in [0.25, 0.3) is 0 Å². The van der Waals surface area contributed by atoms with Crippen LogP contribution in [0.5, 0.6) is 5.75 Å². The molecule has 1 aromatic carbocycles. The number of hydrogen-bond donors (Lipinski definition) is 2. The lowest BCUT2D eigenvalue weighted by atomic mass is 9.95. The van der Waals surface area contributed by atoms with Gasteiger partial charge in [-0.15, -0.1) is 0 Å². The van der Waals surface area contributed by atoms with Gasteiger partial charge in [-0.2, -0.15) is 0 Å². The average Bonchev–Trinajstić information content (AvgIpc) is 3.26. The van der Waals surface area contributed by atoms with Crippen LogP contribution in [0.3, 0.4) is 0 Å². The number of halogens is 1. The van der Waals surface area contributed by atoms with E-state index in [1.54, 1.807) is 31.5 Å². The Balaban J connectivity index is 1.79. The first-order valence-electron chi connectivity index (χ1n) is 7.98. The summed E-state index contributed by atoms with van der Waals surface area (Å²) in [6.07, 6.45) is 5.55. The Morgan fingerprint density at radius 3 is 2.68 bits per heavy atom. The first kappa shape index (κ1) is 17.9. The van der Waals surface area contributed by atoms with Gasteiger partial charge in [0.1, 0.15) is 5.75 Å². The number of anilines is 2. The largest absolute Gasteiger partial charge is 0.497 e. The van der Waals surface area contributed by atoms with Gasteiger partial charge in [-0.3, -0.25) is 10.1 Å². The maximum Gasteiger partial charge on any atom is 0.325 e. The van der Waals surface area contributed by atoms with E-state index >= 15 is 0 Å². The summed E-state index contributed by atoms with van der Waals surface area (Å²) in [6, 6.07) is 4.67. The molecule has 8 heteroatoms. The number of methoxy groups -OCH3 is 1. The molecule has 2 aromatic rings. The highest BCUT2D eigenvalue weighted by Crippen LogP contribution is 2.32. The van der Waals surface area contributed by atoms with Crippen molar-refractivity contribution in [2.75, 3.05) is 17.7 Å². The van der Waals surface area contributed by atoms with Crippen LogP contribution in [-0.2, 0) is 0 Å². The minimum absolute atomic E-state index is 0.0191. The van der Waals surface area contributed by atoms with E-state index in [1.165, 1.54) is 11.3 Å². The molecule has 1 aliphatic rings. The fourth-order valence-electron chi connectivity index (χ4n) is 2.93. The summed E-state index contributed by atoms with van der Waals surface area (Å²) in [5.41, 5.74) is 0.965. The molecule has 1 aromatic heterocycles. The van der Waals surface area contributed by atoms with Gasteiger partial charge in [0.25, 0.3) is 0 Å². The van der Waals surface area contributed by atoms with Crippen molar-refractivity contribution in [3.05, 3.63) is 33.7 Å². The van der Waals surface area contributed by atoms with Crippen LogP contribution in [0.2, 0.25) is 0 Å². The standard InChI is InChI=1S/C17H18BrN3O3S/c1-24-11-6-7-13(12(8-11)15(22)10-4-2-3-5-10)20-16(23)21-17-19-9-14(18)25-17/h6-10H,2-5H2,1H3,(H2,19,20,21,23). The number of urea groups is 1. The molecular formula is C17H18BrN3O3S. The number of nitrogens with one attached hydrogen (secondary N) is 2. The molecule has 0 bridgehead atoms. The van der Waals surface area contributed by atoms with Crippen molar-refractivity contribution in [1.82, 2.24) is 4.98 Å². The van der Waals surface area contributed by atoms with E-state index in [-0.39, 0.29) is 11.7 Å². The summed E-state index contributed by atoms with van der Waals surface area (Å²) in [4.78, 5) is 29.1. The van der Waals surface area contributed by atoms with Crippen molar-refractivity contribution in [1.29, 1.82) is 0 Å². The van der Waals surface area contributed by atoms with Gasteiger partial charge in [-0.1, -0.05) is 24.2 Å². The number of rotatable bonds is 5. The van der Waals surface area contributed by atoms with Gasteiger partial charge in [0.15, 0.2) is 10.9 Å². The summed E-state index contributed by atoms with van der Waals surface area (Å²) in [6.45, 7) is 0. The third kappa shape index (κ3) is 4.38. The van der Waals surface area contributed by atoms with E-state index in [0.717, 1.165) is 29.5 Å². The molecule has 6 nitrogen and oxygen atoms in total. The predicted octanol–water partition coefficient (Wildman–Crippen LogP) is 4.93. The number of aromatic nitrogens is 1. The quantitative estimate of drug-likeness (QED) is 0.667. The topological polar surface area (TPSA) is 80.3 Å². The van der Waals surface area contributed by atoms with Gasteiger partial charge >= 0.3 is 6.03 Å². The number of carbonyl (C=O) groups excluding carboxylic acids is 2. The van der Waals surface area contributed by atoms with E-state index in [0.29, 0.717) is 22.1 Å². The lowest BCUT2D eigenvalue weighted by molar-refractivity contribution is 0.0923. The van der Waals surface area contributed by atoms with Crippen LogP contribution in [0.1, 0.15) is 36.0 Å². The highest BCUT2D eigenvalue weighted by atomic mass is 79.9. The Morgan fingerprint density at radius 1 is 1.28 bits per heavy atom. The molecule has 1 fully saturated rings. The molecule has 3 rings (SSSR count). The third-order valence-electron chi connectivity index (χ3n) is 4.16. The number of hydrogen-bond acceptors (Lipinski definition) is 5. The minimum atomic E-state index is -0.438. The van der Waals surface area contributed by atoms with Crippen LogP contribution >= 0.6 is 27.3 Å². The Morgan fingerprint density at radius 2 is 2.04 bits per heavy atom. The van der Waals surface area contributed by atoms with E-state index in [2.05, 4.69) is 31.5 Å². The van der Waals surface area contributed by atoms with Crippen LogP contribution in [0.15, 0.2) is 28.2 Å². The van der Waals surface area contributed by atoms with E-state index in [4.69, 9.17) is 4.74 Å². The van der Waals surface area contributed by atoms with Crippen LogP contribution in [-0.4, -0.2) is 23.9 Å². The molecule has 0 unspecified atom stereocenters. The van der Waals surface area contributed by atoms with Gasteiger partial charge in [-0.25, -0.2) is 9.78 Å². The predicted molar refractivity (Wildman–Crippen MR) is 102 cm³/mol. The lowest BCUT2D eigenvalue weighted by Crippen LogP contribution is -2.22. The zero-order chi connectivity index (χ0) is 17.8. The zero-order valence-corrected chi connectivity index (χ0v) is 16.1. The van der Waals surface area contributed by atoms with Crippen molar-refractivity contribution in [2.24, 2.45) is 5.92 Å². The van der Waals surface area contributed by atoms with Crippen molar-refractivity contribution in [3.63, 3.8) is 0 Å². The molecule has 2 N–H and O–H groups in total. The number of benzene rings is 1. The highest BCUT2D eigenvalue weighted by molar-refractivity contribution is 9.11. The monoisotopic (exact) mass is 423 g/mol. The third-order valence-corrected chi connectivity index (χ3v) is 5.56. The lowest BCUT2D eigenvalue weighted by Gasteiger charge is -2.15. The number of ether oxygens (including phenoxy) is 1.